The first-order valence-electron chi connectivity index (χ1n) is 13.4. The number of benzene rings is 2. The van der Waals surface area contributed by atoms with Crippen molar-refractivity contribution in [3.8, 4) is 5.88 Å². The fourth-order valence-electron chi connectivity index (χ4n) is 5.43. The maximum atomic E-state index is 12.5. The molecule has 0 unspecified atom stereocenters. The first kappa shape index (κ1) is 25.1. The molecule has 0 bridgehead atoms. The van der Waals surface area contributed by atoms with E-state index in [0.29, 0.717) is 29.7 Å². The van der Waals surface area contributed by atoms with E-state index in [1.807, 2.05) is 36.4 Å². The quantitative estimate of drug-likeness (QED) is 0.268. The zero-order valence-electron chi connectivity index (χ0n) is 21.6. The number of anilines is 3. The number of para-hydroxylation sites is 1. The van der Waals surface area contributed by atoms with E-state index in [9.17, 15) is 4.79 Å². The molecule has 1 amide bonds. The molecule has 2 aromatic heterocycles. The molecule has 4 aromatic rings. The predicted octanol–water partition coefficient (Wildman–Crippen LogP) is 6.15. The summed E-state index contributed by atoms with van der Waals surface area (Å²) >= 11 is 0. The molecule has 2 aliphatic carbocycles. The van der Waals surface area contributed by atoms with Gasteiger partial charge in [0.25, 0.3) is 0 Å². The third kappa shape index (κ3) is 6.26. The molecule has 39 heavy (non-hydrogen) atoms. The fourth-order valence-corrected chi connectivity index (χ4v) is 5.43. The van der Waals surface area contributed by atoms with Gasteiger partial charge in [0.2, 0.25) is 5.88 Å². The number of nitrogens with one attached hydrogen (secondary N) is 2. The Balaban J connectivity index is 0.929. The summed E-state index contributed by atoms with van der Waals surface area (Å²) in [6, 6.07) is 23.4. The van der Waals surface area contributed by atoms with E-state index in [0.717, 1.165) is 44.2 Å². The molecule has 0 atom stereocenters. The molecule has 2 heterocycles. The highest BCUT2D eigenvalue weighted by atomic mass is 16.5. The van der Waals surface area contributed by atoms with Gasteiger partial charge in [-0.05, 0) is 67.7 Å². The van der Waals surface area contributed by atoms with Crippen molar-refractivity contribution in [2.75, 3.05) is 10.6 Å². The Kier molecular flexibility index (Phi) is 7.23. The van der Waals surface area contributed by atoms with E-state index in [-0.39, 0.29) is 18.0 Å². The van der Waals surface area contributed by atoms with Crippen molar-refractivity contribution in [1.82, 2.24) is 15.2 Å². The summed E-state index contributed by atoms with van der Waals surface area (Å²) < 4.78 is 17.7. The van der Waals surface area contributed by atoms with E-state index in [2.05, 4.69) is 50.1 Å². The molecule has 0 radical (unpaired) electrons. The second-order valence-corrected chi connectivity index (χ2v) is 10.4. The second kappa shape index (κ2) is 11.2. The number of amides is 1. The molecular formula is C30H31N5O4. The largest absolute Gasteiger partial charge is 0.474 e. The summed E-state index contributed by atoms with van der Waals surface area (Å²) in [5.41, 5.74) is 2.94. The second-order valence-electron chi connectivity index (χ2n) is 10.4. The van der Waals surface area contributed by atoms with Crippen molar-refractivity contribution < 1.29 is 18.7 Å². The molecule has 2 aromatic carbocycles. The normalized spacial score (nSPS) is 22.2. The summed E-state index contributed by atoms with van der Waals surface area (Å²) in [5.74, 6) is -0.101. The van der Waals surface area contributed by atoms with Crippen LogP contribution in [0.15, 0.2) is 83.4 Å². The minimum absolute atomic E-state index is 0.139. The van der Waals surface area contributed by atoms with Crippen molar-refractivity contribution in [2.24, 2.45) is 5.41 Å². The van der Waals surface area contributed by atoms with Crippen LogP contribution in [0.1, 0.15) is 54.8 Å². The maximum Gasteiger partial charge on any atom is 0.320 e. The number of rotatable bonds is 9. The summed E-state index contributed by atoms with van der Waals surface area (Å²) in [4.78, 5) is 16.9. The molecule has 0 saturated heterocycles. The summed E-state index contributed by atoms with van der Waals surface area (Å²) in [6.45, 7) is 0.691. The van der Waals surface area contributed by atoms with Crippen molar-refractivity contribution in [3.63, 3.8) is 0 Å². The van der Waals surface area contributed by atoms with Gasteiger partial charge in [-0.25, -0.2) is 4.98 Å². The predicted molar refractivity (Wildman–Crippen MR) is 146 cm³/mol. The lowest BCUT2D eigenvalue weighted by molar-refractivity contribution is -0.112. The van der Waals surface area contributed by atoms with E-state index in [4.69, 9.17) is 13.9 Å². The van der Waals surface area contributed by atoms with Crippen molar-refractivity contribution in [1.29, 1.82) is 0 Å². The number of hydrogen-bond acceptors (Lipinski definition) is 8. The number of carbonyl (C=O) groups is 1. The SMILES string of the molecule is O=C(Nc1ccc(OC2CCC3(CC2)CC(OCc2ccccc2)C3)nc1)c1nnc(Nc2ccccc2)o1. The molecule has 9 heteroatoms. The van der Waals surface area contributed by atoms with Crippen LogP contribution in [0.2, 0.25) is 0 Å². The van der Waals surface area contributed by atoms with Gasteiger partial charge in [-0.1, -0.05) is 53.6 Å². The Morgan fingerprint density at radius 1 is 0.897 bits per heavy atom. The van der Waals surface area contributed by atoms with Crippen LogP contribution in [0.3, 0.4) is 0 Å². The number of aromatic nitrogens is 3. The van der Waals surface area contributed by atoms with E-state index in [1.165, 1.54) is 5.56 Å². The molecule has 6 rings (SSSR count). The number of nitrogens with zero attached hydrogens (tertiary/aromatic N) is 3. The first-order chi connectivity index (χ1) is 19.1. The van der Waals surface area contributed by atoms with Crippen LogP contribution in [0.25, 0.3) is 0 Å². The van der Waals surface area contributed by atoms with Crippen molar-refractivity contribution in [3.05, 3.63) is 90.4 Å². The highest BCUT2D eigenvalue weighted by Crippen LogP contribution is 2.53. The smallest absolute Gasteiger partial charge is 0.320 e. The highest BCUT2D eigenvalue weighted by Gasteiger charge is 2.47. The van der Waals surface area contributed by atoms with Crippen molar-refractivity contribution in [2.45, 2.75) is 57.3 Å². The fraction of sp³-hybridized carbons (Fsp3) is 0.333. The van der Waals surface area contributed by atoms with Crippen molar-refractivity contribution >= 4 is 23.3 Å². The van der Waals surface area contributed by atoms with Crippen LogP contribution in [0.4, 0.5) is 17.4 Å². The molecule has 9 nitrogen and oxygen atoms in total. The highest BCUT2D eigenvalue weighted by molar-refractivity contribution is 6.00. The first-order valence-corrected chi connectivity index (χ1v) is 13.4. The van der Waals surface area contributed by atoms with Gasteiger partial charge in [0, 0.05) is 11.8 Å². The monoisotopic (exact) mass is 525 g/mol. The minimum Gasteiger partial charge on any atom is -0.474 e. The molecule has 1 spiro atoms. The summed E-state index contributed by atoms with van der Waals surface area (Å²) in [5, 5.41) is 13.4. The van der Waals surface area contributed by atoms with E-state index >= 15 is 0 Å². The Morgan fingerprint density at radius 2 is 1.64 bits per heavy atom. The van der Waals surface area contributed by atoms with Gasteiger partial charge < -0.3 is 24.5 Å². The van der Waals surface area contributed by atoms with Gasteiger partial charge in [-0.15, -0.1) is 5.10 Å². The zero-order valence-corrected chi connectivity index (χ0v) is 21.6. The van der Waals surface area contributed by atoms with Gasteiger partial charge in [0.1, 0.15) is 6.10 Å². The third-order valence-corrected chi connectivity index (χ3v) is 7.57. The average molecular weight is 526 g/mol. The molecule has 2 aliphatic rings. The average Bonchev–Trinajstić information content (AvgIpc) is 3.42. The molecule has 2 fully saturated rings. The molecular weight excluding hydrogens is 494 g/mol. The Hall–Kier alpha value is -4.24. The van der Waals surface area contributed by atoms with Crippen LogP contribution in [0, 0.1) is 5.41 Å². The Bertz CT molecular complexity index is 1360. The number of carbonyl (C=O) groups excluding carboxylic acids is 1. The van der Waals surface area contributed by atoms with Gasteiger partial charge in [-0.2, -0.15) is 0 Å². The lowest BCUT2D eigenvalue weighted by Gasteiger charge is -2.51. The lowest BCUT2D eigenvalue weighted by atomic mass is 9.59. The van der Waals surface area contributed by atoms with Gasteiger partial charge in [-0.3, -0.25) is 4.79 Å². The van der Waals surface area contributed by atoms with Crippen LogP contribution >= 0.6 is 0 Å². The van der Waals surface area contributed by atoms with E-state index in [1.54, 1.807) is 18.3 Å². The van der Waals surface area contributed by atoms with Crippen LogP contribution in [-0.4, -0.2) is 33.3 Å². The van der Waals surface area contributed by atoms with Gasteiger partial charge in [0.15, 0.2) is 0 Å². The molecule has 200 valence electrons. The van der Waals surface area contributed by atoms with Crippen LogP contribution in [0.5, 0.6) is 5.88 Å². The summed E-state index contributed by atoms with van der Waals surface area (Å²) in [7, 11) is 0. The van der Waals surface area contributed by atoms with Gasteiger partial charge in [0.05, 0.1) is 24.6 Å². The summed E-state index contributed by atoms with van der Waals surface area (Å²) in [6.07, 6.45) is 8.71. The van der Waals surface area contributed by atoms with Crippen LogP contribution in [-0.2, 0) is 11.3 Å². The zero-order chi connectivity index (χ0) is 26.5. The number of hydrogen-bond donors (Lipinski definition) is 2. The Morgan fingerprint density at radius 3 is 2.36 bits per heavy atom. The van der Waals surface area contributed by atoms with E-state index < -0.39 is 5.91 Å². The lowest BCUT2D eigenvalue weighted by Crippen LogP contribution is -2.46. The number of ether oxygens (including phenoxy) is 2. The molecule has 0 aliphatic heterocycles. The van der Waals surface area contributed by atoms with Gasteiger partial charge >= 0.3 is 17.8 Å². The number of pyridine rings is 1. The van der Waals surface area contributed by atoms with Crippen LogP contribution < -0.4 is 15.4 Å². The minimum atomic E-state index is -0.511. The standard InChI is InChI=1S/C30H31N5O4/c36-27(28-34-35-29(39-28)33-22-9-5-2-6-10-22)32-23-11-12-26(31-19-23)38-24-13-15-30(16-14-24)17-25(18-30)37-20-21-7-3-1-4-8-21/h1-12,19,24-25H,13-18,20H2,(H,32,36)(H,33,35). The molecule has 2 saturated carbocycles. The molecule has 2 N–H and O–H groups in total. The maximum absolute atomic E-state index is 12.5. The Labute approximate surface area is 227 Å². The topological polar surface area (TPSA) is 111 Å². The third-order valence-electron chi connectivity index (χ3n) is 7.57.